The fourth-order valence-corrected chi connectivity index (χ4v) is 5.37. The molecule has 0 saturated carbocycles. The van der Waals surface area contributed by atoms with Gasteiger partial charge in [-0.25, -0.2) is 14.8 Å². The van der Waals surface area contributed by atoms with E-state index in [1.165, 1.54) is 6.20 Å². The maximum Gasteiger partial charge on any atom is 0.326 e. The lowest BCUT2D eigenvalue weighted by molar-refractivity contribution is -0.139. The molecule has 18 heteroatoms. The fourth-order valence-electron chi connectivity index (χ4n) is 4.56. The summed E-state index contributed by atoms with van der Waals surface area (Å²) in [6, 6.07) is 7.58. The molecule has 1 aromatic carbocycles. The molecular weight excluding hydrogens is 626 g/mol. The number of carbonyl (C=O) groups excluding carboxylic acids is 2. The summed E-state index contributed by atoms with van der Waals surface area (Å²) in [7, 11) is 0. The average Bonchev–Trinajstić information content (AvgIpc) is 3.74. The van der Waals surface area contributed by atoms with Crippen LogP contribution in [0.2, 0.25) is 0 Å². The minimum Gasteiger partial charge on any atom is -0.480 e. The van der Waals surface area contributed by atoms with Crippen LogP contribution in [0.5, 0.6) is 0 Å². The summed E-state index contributed by atoms with van der Waals surface area (Å²) in [5.74, 6) is -1.67. The third kappa shape index (κ3) is 7.90. The van der Waals surface area contributed by atoms with E-state index in [9.17, 15) is 19.5 Å². The van der Waals surface area contributed by atoms with Crippen LogP contribution in [0.3, 0.4) is 0 Å². The number of H-pyrrole nitrogens is 1. The maximum absolute atomic E-state index is 13.1. The lowest BCUT2D eigenvalue weighted by Crippen LogP contribution is -2.41. The van der Waals surface area contributed by atoms with Gasteiger partial charge in [-0.05, 0) is 53.3 Å². The smallest absolute Gasteiger partial charge is 0.326 e. The van der Waals surface area contributed by atoms with Crippen LogP contribution in [-0.4, -0.2) is 76.0 Å². The number of thiophene rings is 1. The number of hydrogen-bond acceptors (Lipinski definition) is 14. The molecule has 5 aromatic rings. The number of hydrogen-bond donors (Lipinski definition) is 7. The highest BCUT2D eigenvalue weighted by molar-refractivity contribution is 7.17. The first-order valence-corrected chi connectivity index (χ1v) is 15.3. The van der Waals surface area contributed by atoms with Gasteiger partial charge in [0.1, 0.15) is 6.04 Å². The topological polar surface area (TPSA) is 266 Å². The van der Waals surface area contributed by atoms with E-state index in [2.05, 4.69) is 77.3 Å². The molecule has 2 amide bonds. The fraction of sp³-hybridized carbons (Fsp3) is 0.310. The Hall–Kier alpha value is -5.78. The molecular formula is C29H33N13O4S. The molecule has 1 atom stereocenters. The summed E-state index contributed by atoms with van der Waals surface area (Å²) < 4.78 is 0. The van der Waals surface area contributed by atoms with Crippen molar-refractivity contribution in [3.8, 4) is 11.4 Å². The van der Waals surface area contributed by atoms with E-state index in [-0.39, 0.29) is 54.1 Å². The molecule has 4 heterocycles. The molecule has 47 heavy (non-hydrogen) atoms. The van der Waals surface area contributed by atoms with Crippen molar-refractivity contribution in [2.24, 2.45) is 0 Å². The number of amides is 2. The van der Waals surface area contributed by atoms with E-state index >= 15 is 0 Å². The van der Waals surface area contributed by atoms with Crippen LogP contribution in [-0.2, 0) is 16.8 Å². The summed E-state index contributed by atoms with van der Waals surface area (Å²) >= 11 is 1.15. The number of carboxylic acid groups (broad SMARTS) is 1. The first-order valence-electron chi connectivity index (χ1n) is 14.5. The molecule has 9 N–H and O–H groups in total. The molecule has 0 aliphatic carbocycles. The van der Waals surface area contributed by atoms with Gasteiger partial charge in [-0.2, -0.15) is 15.2 Å². The predicted molar refractivity (Wildman–Crippen MR) is 174 cm³/mol. The lowest BCUT2D eigenvalue weighted by Gasteiger charge is -2.20. The number of nitrogen functional groups attached to an aromatic ring is 2. The molecule has 0 saturated heterocycles. The number of benzene rings is 1. The lowest BCUT2D eigenvalue weighted by atomic mass is 9.85. The molecule has 0 radical (unpaired) electrons. The number of tetrazole rings is 1. The van der Waals surface area contributed by atoms with Crippen LogP contribution in [0.15, 0.2) is 36.5 Å². The monoisotopic (exact) mass is 659 g/mol. The third-order valence-corrected chi connectivity index (χ3v) is 8.09. The van der Waals surface area contributed by atoms with Gasteiger partial charge in [0, 0.05) is 12.1 Å². The maximum atomic E-state index is 13.1. The van der Waals surface area contributed by atoms with E-state index in [0.29, 0.717) is 38.6 Å². The van der Waals surface area contributed by atoms with Crippen LogP contribution < -0.4 is 27.4 Å². The van der Waals surface area contributed by atoms with Gasteiger partial charge in [-0.1, -0.05) is 26.8 Å². The zero-order valence-electron chi connectivity index (χ0n) is 25.7. The van der Waals surface area contributed by atoms with Gasteiger partial charge >= 0.3 is 5.97 Å². The van der Waals surface area contributed by atoms with E-state index in [1.54, 1.807) is 18.2 Å². The van der Waals surface area contributed by atoms with Crippen LogP contribution in [0, 0.1) is 0 Å². The zero-order chi connectivity index (χ0) is 33.7. The van der Waals surface area contributed by atoms with Crippen molar-refractivity contribution in [1.29, 1.82) is 0 Å². The highest BCUT2D eigenvalue weighted by Crippen LogP contribution is 2.29. The van der Waals surface area contributed by atoms with Gasteiger partial charge in [0.05, 0.1) is 33.9 Å². The van der Waals surface area contributed by atoms with Gasteiger partial charge in [0.2, 0.25) is 11.8 Å². The van der Waals surface area contributed by atoms with Crippen molar-refractivity contribution in [2.75, 3.05) is 23.3 Å². The molecule has 0 bridgehead atoms. The van der Waals surface area contributed by atoms with E-state index in [4.69, 9.17) is 11.5 Å². The Labute approximate surface area is 272 Å². The number of carbonyl (C=O) groups is 3. The number of rotatable bonds is 12. The Balaban J connectivity index is 1.13. The quantitative estimate of drug-likeness (QED) is 0.0946. The van der Waals surface area contributed by atoms with Crippen molar-refractivity contribution in [3.63, 3.8) is 0 Å². The first kappa shape index (κ1) is 32.6. The minimum absolute atomic E-state index is 0.00516. The van der Waals surface area contributed by atoms with Crippen LogP contribution in [0.1, 0.15) is 64.9 Å². The minimum atomic E-state index is -1.18. The van der Waals surface area contributed by atoms with Crippen molar-refractivity contribution in [2.45, 2.75) is 51.6 Å². The van der Waals surface area contributed by atoms with Gasteiger partial charge in [-0.3, -0.25) is 9.59 Å². The second-order valence-corrected chi connectivity index (χ2v) is 12.6. The number of aliphatic carboxylic acids is 1. The Morgan fingerprint density at radius 3 is 2.60 bits per heavy atom. The third-order valence-electron chi connectivity index (χ3n) is 7.05. The van der Waals surface area contributed by atoms with Crippen molar-refractivity contribution in [1.82, 2.24) is 51.2 Å². The number of fused-ring (bicyclic) bond motifs is 1. The number of nitrogens with two attached hydrogens (primary N) is 2. The van der Waals surface area contributed by atoms with Gasteiger partial charge in [0.15, 0.2) is 17.0 Å². The molecule has 0 spiro atoms. The second kappa shape index (κ2) is 13.7. The summed E-state index contributed by atoms with van der Waals surface area (Å²) in [6.07, 6.45) is 1.92. The molecule has 244 valence electrons. The van der Waals surface area contributed by atoms with Gasteiger partial charge < -0.3 is 32.5 Å². The molecule has 4 aromatic heterocycles. The molecule has 5 rings (SSSR count). The number of aromatic nitrogens is 8. The average molecular weight is 660 g/mol. The standard InChI is InChI=1S/C29H33N13O4S/c1-29(2,3)14-6-7-16(17(11-14)23-39-41-42-40-23)25(43)32-10-4-5-18(27(45)46)36-26(44)19-8-9-20(47-19)33-12-15-13-34-24-21(35-15)22(30)37-28(31)38-24/h6-9,11,13,18,33H,4-5,10,12H2,1-3H3,(H,32,43)(H,36,44)(H,45,46)(H,39,40,41,42)(H4,30,31,34,37,38)/t18-/m0/s1. The number of nitrogens with zero attached hydrogens (tertiary/aromatic N) is 7. The van der Waals surface area contributed by atoms with Gasteiger partial charge in [0.25, 0.3) is 11.8 Å². The van der Waals surface area contributed by atoms with Crippen molar-refractivity contribution < 1.29 is 19.5 Å². The summed E-state index contributed by atoms with van der Waals surface area (Å²) in [5, 5.41) is 33.0. The second-order valence-electron chi connectivity index (χ2n) is 11.5. The highest BCUT2D eigenvalue weighted by Gasteiger charge is 2.23. The van der Waals surface area contributed by atoms with Crippen molar-refractivity contribution >= 4 is 57.1 Å². The van der Waals surface area contributed by atoms with E-state index in [0.717, 1.165) is 16.9 Å². The highest BCUT2D eigenvalue weighted by atomic mass is 32.1. The van der Waals surface area contributed by atoms with Crippen LogP contribution >= 0.6 is 11.3 Å². The number of nitrogens with one attached hydrogen (secondary N) is 4. The van der Waals surface area contributed by atoms with Gasteiger partial charge in [-0.15, -0.1) is 21.5 Å². The summed E-state index contributed by atoms with van der Waals surface area (Å²) in [5.41, 5.74) is 14.4. The molecule has 0 aliphatic heterocycles. The molecule has 0 aliphatic rings. The predicted octanol–water partition coefficient (Wildman–Crippen LogP) is 2.13. The van der Waals surface area contributed by atoms with Crippen LogP contribution in [0.25, 0.3) is 22.6 Å². The van der Waals surface area contributed by atoms with E-state index in [1.807, 2.05) is 12.1 Å². The Morgan fingerprint density at radius 1 is 1.06 bits per heavy atom. The SMILES string of the molecule is CC(C)(C)c1ccc(C(=O)NCCC[C@H](NC(=O)c2ccc(NCc3cnc4nc(N)nc(N)c4n3)s2)C(=O)O)c(-c2nn[nH]n2)c1. The van der Waals surface area contributed by atoms with E-state index < -0.39 is 17.9 Å². The Morgan fingerprint density at radius 2 is 1.87 bits per heavy atom. The number of carboxylic acids is 1. The summed E-state index contributed by atoms with van der Waals surface area (Å²) in [4.78, 5) is 54.8. The Kier molecular flexibility index (Phi) is 9.50. The van der Waals surface area contributed by atoms with Crippen LogP contribution in [0.4, 0.5) is 16.8 Å². The largest absolute Gasteiger partial charge is 0.480 e. The zero-order valence-corrected chi connectivity index (χ0v) is 26.6. The molecule has 17 nitrogen and oxygen atoms in total. The normalized spacial score (nSPS) is 12.1. The van der Waals surface area contributed by atoms with Crippen molar-refractivity contribution in [3.05, 3.63) is 58.2 Å². The first-order chi connectivity index (χ1) is 22.4. The number of aromatic amines is 1. The number of anilines is 3. The Bertz CT molecular complexity index is 1920. The molecule has 0 unspecified atom stereocenters. The summed E-state index contributed by atoms with van der Waals surface area (Å²) in [6.45, 7) is 6.63. The molecule has 0 fully saturated rings.